The van der Waals surface area contributed by atoms with Gasteiger partial charge in [0.2, 0.25) is 5.91 Å². The summed E-state index contributed by atoms with van der Waals surface area (Å²) >= 11 is 6.16. The Kier molecular flexibility index (Phi) is 5.48. The van der Waals surface area contributed by atoms with Crippen LogP contribution in [-0.4, -0.2) is 24.5 Å². The van der Waals surface area contributed by atoms with Crippen molar-refractivity contribution in [3.63, 3.8) is 0 Å². The Bertz CT molecular complexity index is 504. The van der Waals surface area contributed by atoms with Crippen LogP contribution in [0, 0.1) is 0 Å². The van der Waals surface area contributed by atoms with Gasteiger partial charge >= 0.3 is 0 Å². The number of nitrogens with one attached hydrogen (secondary N) is 1. The van der Waals surface area contributed by atoms with E-state index in [-0.39, 0.29) is 11.9 Å². The predicted octanol–water partition coefficient (Wildman–Crippen LogP) is 2.68. The van der Waals surface area contributed by atoms with Gasteiger partial charge in [-0.1, -0.05) is 31.5 Å². The lowest BCUT2D eigenvalue weighted by atomic mass is 9.99. The highest BCUT2D eigenvalue weighted by Gasteiger charge is 2.28. The third-order valence-electron chi connectivity index (χ3n) is 3.89. The number of anilines is 1. The Balaban J connectivity index is 2.30. The van der Waals surface area contributed by atoms with Gasteiger partial charge in [-0.25, -0.2) is 0 Å². The molecule has 1 atom stereocenters. The summed E-state index contributed by atoms with van der Waals surface area (Å²) in [5.41, 5.74) is 7.76. The van der Waals surface area contributed by atoms with Crippen molar-refractivity contribution in [2.45, 2.75) is 51.7 Å². The molecule has 1 aromatic carbocycles. The Labute approximate surface area is 131 Å². The third-order valence-corrected chi connectivity index (χ3v) is 4.12. The van der Waals surface area contributed by atoms with Crippen LogP contribution in [0.2, 0.25) is 5.02 Å². The summed E-state index contributed by atoms with van der Waals surface area (Å²) in [6.07, 6.45) is 2.94. The van der Waals surface area contributed by atoms with Crippen LogP contribution in [0.3, 0.4) is 0 Å². The fourth-order valence-corrected chi connectivity index (χ4v) is 2.95. The summed E-state index contributed by atoms with van der Waals surface area (Å²) in [6, 6.07) is 6.04. The van der Waals surface area contributed by atoms with Crippen molar-refractivity contribution in [2.24, 2.45) is 5.73 Å². The van der Waals surface area contributed by atoms with Gasteiger partial charge in [0, 0.05) is 29.8 Å². The standard InChI is InChI=1S/C16H24ClN3O/c1-11(2)19-10-12-6-7-13(17)9-15(12)20-8-4-3-5-14(20)16(18)21/h6-7,9,11,14,19H,3-5,8,10H2,1-2H3,(H2,18,21). The Morgan fingerprint density at radius 3 is 2.90 bits per heavy atom. The van der Waals surface area contributed by atoms with E-state index in [2.05, 4.69) is 24.1 Å². The molecule has 0 aliphatic carbocycles. The average molecular weight is 310 g/mol. The first kappa shape index (κ1) is 16.1. The molecule has 21 heavy (non-hydrogen) atoms. The number of carbonyl (C=O) groups is 1. The van der Waals surface area contributed by atoms with Gasteiger partial charge in [0.25, 0.3) is 0 Å². The number of benzene rings is 1. The molecule has 1 unspecified atom stereocenters. The molecule has 3 N–H and O–H groups in total. The van der Waals surface area contributed by atoms with Crippen molar-refractivity contribution in [3.8, 4) is 0 Å². The number of nitrogens with zero attached hydrogens (tertiary/aromatic N) is 1. The molecule has 5 heteroatoms. The van der Waals surface area contributed by atoms with E-state index in [0.29, 0.717) is 11.1 Å². The molecule has 1 heterocycles. The Morgan fingerprint density at radius 2 is 2.24 bits per heavy atom. The second kappa shape index (κ2) is 7.14. The number of piperidine rings is 1. The molecule has 0 bridgehead atoms. The minimum Gasteiger partial charge on any atom is -0.368 e. The molecular formula is C16H24ClN3O. The predicted molar refractivity (Wildman–Crippen MR) is 87.6 cm³/mol. The number of hydrogen-bond donors (Lipinski definition) is 2. The van der Waals surface area contributed by atoms with Gasteiger partial charge in [0.05, 0.1) is 0 Å². The van der Waals surface area contributed by atoms with Gasteiger partial charge < -0.3 is 16.0 Å². The molecule has 1 saturated heterocycles. The van der Waals surface area contributed by atoms with E-state index in [9.17, 15) is 4.79 Å². The summed E-state index contributed by atoms with van der Waals surface area (Å²) in [7, 11) is 0. The van der Waals surface area contributed by atoms with Crippen molar-refractivity contribution in [3.05, 3.63) is 28.8 Å². The fourth-order valence-electron chi connectivity index (χ4n) is 2.78. The zero-order valence-electron chi connectivity index (χ0n) is 12.7. The summed E-state index contributed by atoms with van der Waals surface area (Å²) in [4.78, 5) is 13.9. The molecule has 0 saturated carbocycles. The maximum atomic E-state index is 11.7. The van der Waals surface area contributed by atoms with Crippen molar-refractivity contribution >= 4 is 23.2 Å². The first-order valence-corrected chi connectivity index (χ1v) is 7.94. The van der Waals surface area contributed by atoms with Gasteiger partial charge in [-0.2, -0.15) is 0 Å². The topological polar surface area (TPSA) is 58.4 Å². The summed E-state index contributed by atoms with van der Waals surface area (Å²) in [5, 5.41) is 4.11. The smallest absolute Gasteiger partial charge is 0.240 e. The van der Waals surface area contributed by atoms with Gasteiger partial charge in [-0.3, -0.25) is 4.79 Å². The second-order valence-electron chi connectivity index (χ2n) is 5.92. The molecule has 1 aliphatic heterocycles. The zero-order valence-corrected chi connectivity index (χ0v) is 13.5. The quantitative estimate of drug-likeness (QED) is 0.879. The number of nitrogens with two attached hydrogens (primary N) is 1. The molecule has 0 aromatic heterocycles. The van der Waals surface area contributed by atoms with Crippen molar-refractivity contribution in [1.29, 1.82) is 0 Å². The monoisotopic (exact) mass is 309 g/mol. The number of carbonyl (C=O) groups excluding carboxylic acids is 1. The van der Waals surface area contributed by atoms with Crippen molar-refractivity contribution in [2.75, 3.05) is 11.4 Å². The zero-order chi connectivity index (χ0) is 15.4. The fraction of sp³-hybridized carbons (Fsp3) is 0.562. The maximum absolute atomic E-state index is 11.7. The van der Waals surface area contributed by atoms with Gasteiger partial charge in [0.1, 0.15) is 6.04 Å². The molecule has 0 radical (unpaired) electrons. The molecule has 2 rings (SSSR count). The van der Waals surface area contributed by atoms with Crippen molar-refractivity contribution in [1.82, 2.24) is 5.32 Å². The van der Waals surface area contributed by atoms with Crippen LogP contribution in [0.5, 0.6) is 0 Å². The lowest BCUT2D eigenvalue weighted by Crippen LogP contribution is -2.48. The third kappa shape index (κ3) is 4.11. The number of amides is 1. The van der Waals surface area contributed by atoms with Crippen LogP contribution < -0.4 is 16.0 Å². The first-order chi connectivity index (χ1) is 9.99. The molecular weight excluding hydrogens is 286 g/mol. The highest BCUT2D eigenvalue weighted by Crippen LogP contribution is 2.30. The SMILES string of the molecule is CC(C)NCc1ccc(Cl)cc1N1CCCCC1C(N)=O. The van der Waals surface area contributed by atoms with Crippen LogP contribution in [0.1, 0.15) is 38.7 Å². The van der Waals surface area contributed by atoms with Gasteiger partial charge in [0.15, 0.2) is 0 Å². The summed E-state index contributed by atoms with van der Waals surface area (Å²) < 4.78 is 0. The molecule has 116 valence electrons. The van der Waals surface area contributed by atoms with E-state index in [1.807, 2.05) is 18.2 Å². The van der Waals surface area contributed by atoms with Crippen LogP contribution in [0.25, 0.3) is 0 Å². The molecule has 1 fully saturated rings. The van der Waals surface area contributed by atoms with Gasteiger partial charge in [-0.15, -0.1) is 0 Å². The van der Waals surface area contributed by atoms with Crippen LogP contribution in [-0.2, 0) is 11.3 Å². The number of halogens is 1. The lowest BCUT2D eigenvalue weighted by molar-refractivity contribution is -0.119. The molecule has 1 aliphatic rings. The highest BCUT2D eigenvalue weighted by molar-refractivity contribution is 6.30. The minimum atomic E-state index is -0.252. The van der Waals surface area contributed by atoms with E-state index in [1.165, 1.54) is 0 Å². The molecule has 4 nitrogen and oxygen atoms in total. The lowest BCUT2D eigenvalue weighted by Gasteiger charge is -2.37. The number of rotatable bonds is 5. The average Bonchev–Trinajstić information content (AvgIpc) is 2.45. The van der Waals surface area contributed by atoms with Crippen molar-refractivity contribution < 1.29 is 4.79 Å². The largest absolute Gasteiger partial charge is 0.368 e. The summed E-state index contributed by atoms with van der Waals surface area (Å²) in [6.45, 7) is 5.83. The Hall–Kier alpha value is -1.26. The summed E-state index contributed by atoms with van der Waals surface area (Å²) in [5.74, 6) is -0.252. The Morgan fingerprint density at radius 1 is 1.48 bits per heavy atom. The maximum Gasteiger partial charge on any atom is 0.240 e. The van der Waals surface area contributed by atoms with Gasteiger partial charge in [-0.05, 0) is 37.0 Å². The molecule has 0 spiro atoms. The van der Waals surface area contributed by atoms with E-state index < -0.39 is 0 Å². The van der Waals surface area contributed by atoms with Crippen LogP contribution in [0.4, 0.5) is 5.69 Å². The normalized spacial score (nSPS) is 19.0. The van der Waals surface area contributed by atoms with Crippen LogP contribution >= 0.6 is 11.6 Å². The number of primary amides is 1. The molecule has 1 amide bonds. The van der Waals surface area contributed by atoms with E-state index >= 15 is 0 Å². The van der Waals surface area contributed by atoms with Crippen LogP contribution in [0.15, 0.2) is 18.2 Å². The van der Waals surface area contributed by atoms with E-state index in [4.69, 9.17) is 17.3 Å². The molecule has 1 aromatic rings. The van der Waals surface area contributed by atoms with E-state index in [0.717, 1.165) is 43.6 Å². The minimum absolute atomic E-state index is 0.227. The highest BCUT2D eigenvalue weighted by atomic mass is 35.5. The number of hydrogen-bond acceptors (Lipinski definition) is 3. The van der Waals surface area contributed by atoms with E-state index in [1.54, 1.807) is 0 Å². The second-order valence-corrected chi connectivity index (χ2v) is 6.35. The first-order valence-electron chi connectivity index (χ1n) is 7.57.